The fourth-order valence-corrected chi connectivity index (χ4v) is 3.06. The summed E-state index contributed by atoms with van der Waals surface area (Å²) in [5.74, 6) is 1.04. The second-order valence-electron chi connectivity index (χ2n) is 6.30. The van der Waals surface area contributed by atoms with Gasteiger partial charge in [-0.15, -0.1) is 0 Å². The third kappa shape index (κ3) is 3.69. The quantitative estimate of drug-likeness (QED) is 0.796. The Kier molecular flexibility index (Phi) is 4.91. The summed E-state index contributed by atoms with van der Waals surface area (Å²) in [5.41, 5.74) is 0.838. The smallest absolute Gasteiger partial charge is 0.226 e. The van der Waals surface area contributed by atoms with Crippen LogP contribution in [0.2, 0.25) is 0 Å². The summed E-state index contributed by atoms with van der Waals surface area (Å²) in [4.78, 5) is 25.3. The minimum atomic E-state index is -0.173. The van der Waals surface area contributed by atoms with Crippen molar-refractivity contribution in [2.45, 2.75) is 25.4 Å². The van der Waals surface area contributed by atoms with Crippen LogP contribution in [0.4, 0.5) is 5.95 Å². The largest absolute Gasteiger partial charge is 0.368 e. The number of ether oxygens (including phenoxy) is 1. The first-order chi connectivity index (χ1) is 11.1. The van der Waals surface area contributed by atoms with Gasteiger partial charge < -0.3 is 14.5 Å². The molecule has 1 aromatic heterocycles. The molecule has 0 unspecified atom stereocenters. The molecular formula is C17H24N4O2. The van der Waals surface area contributed by atoms with E-state index in [4.69, 9.17) is 4.74 Å². The average molecular weight is 316 g/mol. The summed E-state index contributed by atoms with van der Waals surface area (Å²) in [6.45, 7) is 1.80. The highest BCUT2D eigenvalue weighted by molar-refractivity contribution is 5.79. The van der Waals surface area contributed by atoms with E-state index in [9.17, 15) is 4.79 Å². The number of carbonyl (C=O) groups is 1. The number of nitrogens with zero attached hydrogens (tertiary/aromatic N) is 4. The van der Waals surface area contributed by atoms with E-state index in [0.717, 1.165) is 25.0 Å². The van der Waals surface area contributed by atoms with E-state index in [2.05, 4.69) is 22.1 Å². The van der Waals surface area contributed by atoms with Gasteiger partial charge in [-0.1, -0.05) is 12.2 Å². The maximum absolute atomic E-state index is 12.7. The molecule has 2 atom stereocenters. The van der Waals surface area contributed by atoms with E-state index in [1.54, 1.807) is 6.20 Å². The topological polar surface area (TPSA) is 58.6 Å². The Balaban J connectivity index is 1.69. The molecule has 2 heterocycles. The van der Waals surface area contributed by atoms with Crippen LogP contribution < -0.4 is 4.90 Å². The molecule has 0 aromatic carbocycles. The molecule has 1 aliphatic carbocycles. The fourth-order valence-electron chi connectivity index (χ4n) is 3.06. The molecule has 124 valence electrons. The van der Waals surface area contributed by atoms with Gasteiger partial charge in [0.15, 0.2) is 0 Å². The van der Waals surface area contributed by atoms with Gasteiger partial charge in [-0.05, 0) is 25.3 Å². The van der Waals surface area contributed by atoms with Crippen LogP contribution in [-0.2, 0) is 9.53 Å². The summed E-state index contributed by atoms with van der Waals surface area (Å²) in [6, 6.07) is 1.87. The normalized spacial score (nSPS) is 24.5. The lowest BCUT2D eigenvalue weighted by molar-refractivity contribution is -0.143. The lowest BCUT2D eigenvalue weighted by Crippen LogP contribution is -2.45. The molecule has 6 nitrogen and oxygen atoms in total. The zero-order valence-corrected chi connectivity index (χ0v) is 13.8. The molecule has 1 aromatic rings. The Morgan fingerprint density at radius 1 is 1.39 bits per heavy atom. The maximum Gasteiger partial charge on any atom is 0.226 e. The van der Waals surface area contributed by atoms with Crippen molar-refractivity contribution in [2.24, 2.45) is 5.92 Å². The summed E-state index contributed by atoms with van der Waals surface area (Å²) < 4.78 is 5.85. The van der Waals surface area contributed by atoms with Crippen molar-refractivity contribution in [3.05, 3.63) is 30.1 Å². The van der Waals surface area contributed by atoms with Crippen molar-refractivity contribution in [2.75, 3.05) is 38.7 Å². The number of rotatable bonds is 3. The third-order valence-corrected chi connectivity index (χ3v) is 4.39. The molecule has 1 aliphatic heterocycles. The first-order valence-corrected chi connectivity index (χ1v) is 8.21. The van der Waals surface area contributed by atoms with E-state index in [1.165, 1.54) is 0 Å². The Labute approximate surface area is 137 Å². The van der Waals surface area contributed by atoms with Crippen molar-refractivity contribution in [1.29, 1.82) is 0 Å². The maximum atomic E-state index is 12.7. The highest BCUT2D eigenvalue weighted by Gasteiger charge is 2.30. The van der Waals surface area contributed by atoms with Gasteiger partial charge in [0.1, 0.15) is 6.10 Å². The number of morpholine rings is 1. The van der Waals surface area contributed by atoms with Gasteiger partial charge in [0.05, 0.1) is 18.8 Å². The molecular weight excluding hydrogens is 292 g/mol. The molecule has 1 saturated heterocycles. The van der Waals surface area contributed by atoms with Crippen LogP contribution >= 0.6 is 0 Å². The van der Waals surface area contributed by atoms with Gasteiger partial charge in [0.25, 0.3) is 0 Å². The van der Waals surface area contributed by atoms with Crippen LogP contribution in [0.3, 0.4) is 0 Å². The van der Waals surface area contributed by atoms with Crippen LogP contribution in [0, 0.1) is 5.92 Å². The fraction of sp³-hybridized carbons (Fsp3) is 0.588. The molecule has 1 fully saturated rings. The molecule has 23 heavy (non-hydrogen) atoms. The summed E-state index contributed by atoms with van der Waals surface area (Å²) in [7, 11) is 3.82. The molecule has 0 bridgehead atoms. The number of aromatic nitrogens is 2. The van der Waals surface area contributed by atoms with Gasteiger partial charge in [-0.2, -0.15) is 0 Å². The number of allylic oxidation sites excluding steroid dienone is 2. The second-order valence-corrected chi connectivity index (χ2v) is 6.30. The Morgan fingerprint density at radius 2 is 2.26 bits per heavy atom. The van der Waals surface area contributed by atoms with E-state index in [1.807, 2.05) is 30.0 Å². The summed E-state index contributed by atoms with van der Waals surface area (Å²) >= 11 is 0. The van der Waals surface area contributed by atoms with Crippen LogP contribution in [-0.4, -0.2) is 54.6 Å². The third-order valence-electron chi connectivity index (χ3n) is 4.39. The van der Waals surface area contributed by atoms with Crippen LogP contribution in [0.1, 0.15) is 31.1 Å². The van der Waals surface area contributed by atoms with Crippen LogP contribution in [0.25, 0.3) is 0 Å². The monoisotopic (exact) mass is 316 g/mol. The Hall–Kier alpha value is -1.95. The van der Waals surface area contributed by atoms with Gasteiger partial charge in [-0.3, -0.25) is 4.79 Å². The number of amides is 1. The molecule has 1 amide bonds. The Morgan fingerprint density at radius 3 is 3.00 bits per heavy atom. The lowest BCUT2D eigenvalue weighted by Gasteiger charge is -2.35. The second kappa shape index (κ2) is 7.08. The van der Waals surface area contributed by atoms with Crippen molar-refractivity contribution < 1.29 is 9.53 Å². The number of hydrogen-bond acceptors (Lipinski definition) is 5. The number of anilines is 1. The van der Waals surface area contributed by atoms with Gasteiger partial charge in [0.2, 0.25) is 11.9 Å². The van der Waals surface area contributed by atoms with E-state index < -0.39 is 0 Å². The van der Waals surface area contributed by atoms with Crippen LogP contribution in [0.5, 0.6) is 0 Å². The van der Waals surface area contributed by atoms with Crippen molar-refractivity contribution >= 4 is 11.9 Å². The van der Waals surface area contributed by atoms with Crippen molar-refractivity contribution in [3.63, 3.8) is 0 Å². The minimum Gasteiger partial charge on any atom is -0.368 e. The molecule has 0 N–H and O–H groups in total. The van der Waals surface area contributed by atoms with Crippen LogP contribution in [0.15, 0.2) is 24.4 Å². The van der Waals surface area contributed by atoms with Gasteiger partial charge in [-0.25, -0.2) is 9.97 Å². The molecule has 0 saturated carbocycles. The molecule has 3 rings (SSSR count). The lowest BCUT2D eigenvalue weighted by atomic mass is 9.93. The van der Waals surface area contributed by atoms with E-state index in [0.29, 0.717) is 25.6 Å². The Bertz CT molecular complexity index is 588. The molecule has 0 spiro atoms. The SMILES string of the molecule is CN(C)c1nccc([C@@H]2CN(C(=O)[C@@H]3CC=CCC3)CCO2)n1. The van der Waals surface area contributed by atoms with Crippen molar-refractivity contribution in [3.8, 4) is 0 Å². The molecule has 6 heteroatoms. The highest BCUT2D eigenvalue weighted by atomic mass is 16.5. The average Bonchev–Trinajstić information content (AvgIpc) is 2.62. The van der Waals surface area contributed by atoms with Gasteiger partial charge in [0, 0.05) is 32.8 Å². The number of hydrogen-bond donors (Lipinski definition) is 0. The van der Waals surface area contributed by atoms with Gasteiger partial charge >= 0.3 is 0 Å². The number of carbonyl (C=O) groups excluding carboxylic acids is 1. The predicted octanol–water partition coefficient (Wildman–Crippen LogP) is 1.80. The van der Waals surface area contributed by atoms with E-state index in [-0.39, 0.29) is 17.9 Å². The zero-order valence-electron chi connectivity index (χ0n) is 13.8. The van der Waals surface area contributed by atoms with Crippen molar-refractivity contribution in [1.82, 2.24) is 14.9 Å². The predicted molar refractivity (Wildman–Crippen MR) is 88.1 cm³/mol. The minimum absolute atomic E-state index is 0.126. The standard InChI is InChI=1S/C17H24N4O2/c1-20(2)17-18-9-8-14(19-17)15-12-21(10-11-23-15)16(22)13-6-4-3-5-7-13/h3-4,8-9,13,15H,5-7,10-12H2,1-2H3/t13-,15+/m1/s1. The zero-order chi connectivity index (χ0) is 16.2. The molecule has 2 aliphatic rings. The highest BCUT2D eigenvalue weighted by Crippen LogP contribution is 2.26. The first-order valence-electron chi connectivity index (χ1n) is 8.21. The first kappa shape index (κ1) is 15.9. The van der Waals surface area contributed by atoms with E-state index >= 15 is 0 Å². The molecule has 0 radical (unpaired) electrons. The summed E-state index contributed by atoms with van der Waals surface area (Å²) in [6.07, 6.45) is 8.67. The summed E-state index contributed by atoms with van der Waals surface area (Å²) in [5, 5.41) is 0.